The molecule has 11 heteroatoms. The minimum atomic E-state index is -3.87. The van der Waals surface area contributed by atoms with Gasteiger partial charge in [-0.25, -0.2) is 8.42 Å². The summed E-state index contributed by atoms with van der Waals surface area (Å²) in [6.07, 6.45) is 3.07. The number of rotatable bonds is 14. The topological polar surface area (TPSA) is 96.0 Å². The largest absolute Gasteiger partial charge is 0.457 e. The van der Waals surface area contributed by atoms with Crippen molar-refractivity contribution in [3.05, 3.63) is 88.4 Å². The van der Waals surface area contributed by atoms with E-state index in [0.29, 0.717) is 40.1 Å². The summed E-state index contributed by atoms with van der Waals surface area (Å²) in [5.74, 6) is 0.304. The van der Waals surface area contributed by atoms with E-state index in [2.05, 4.69) is 5.32 Å². The molecule has 3 rings (SSSR count). The van der Waals surface area contributed by atoms with Crippen LogP contribution in [0.25, 0.3) is 0 Å². The fourth-order valence-corrected chi connectivity index (χ4v) is 5.35. The second-order valence-corrected chi connectivity index (χ2v) is 12.2. The van der Waals surface area contributed by atoms with Crippen LogP contribution in [-0.4, -0.2) is 50.5 Å². The Hall–Kier alpha value is -3.27. The van der Waals surface area contributed by atoms with Crippen molar-refractivity contribution in [2.75, 3.05) is 23.7 Å². The maximum Gasteiger partial charge on any atom is 0.244 e. The summed E-state index contributed by atoms with van der Waals surface area (Å²) in [6, 6.07) is 19.7. The van der Waals surface area contributed by atoms with Crippen molar-refractivity contribution in [3.63, 3.8) is 0 Å². The Morgan fingerprint density at radius 1 is 0.927 bits per heavy atom. The maximum atomic E-state index is 13.8. The van der Waals surface area contributed by atoms with Crippen LogP contribution in [0.2, 0.25) is 10.0 Å². The van der Waals surface area contributed by atoms with Crippen LogP contribution in [0.15, 0.2) is 72.8 Å². The second kappa shape index (κ2) is 15.1. The number of hydrogen-bond donors (Lipinski definition) is 1. The number of hydrogen-bond acceptors (Lipinski definition) is 5. The number of unbranched alkanes of at least 4 members (excludes halogenated alkanes) is 1. The highest BCUT2D eigenvalue weighted by atomic mass is 35.5. The number of sulfonamides is 1. The summed E-state index contributed by atoms with van der Waals surface area (Å²) in [5, 5.41) is 3.57. The van der Waals surface area contributed by atoms with Crippen molar-refractivity contribution >= 4 is 50.7 Å². The summed E-state index contributed by atoms with van der Waals surface area (Å²) >= 11 is 12.3. The number of carbonyl (C=O) groups is 2. The van der Waals surface area contributed by atoms with E-state index in [9.17, 15) is 18.0 Å². The van der Waals surface area contributed by atoms with Gasteiger partial charge in [-0.05, 0) is 66.9 Å². The van der Waals surface area contributed by atoms with Gasteiger partial charge in [0.15, 0.2) is 0 Å². The Balaban J connectivity index is 1.89. The van der Waals surface area contributed by atoms with Crippen LogP contribution in [0.1, 0.15) is 38.7 Å². The Labute approximate surface area is 252 Å². The first-order chi connectivity index (χ1) is 19.5. The second-order valence-electron chi connectivity index (χ2n) is 9.52. The van der Waals surface area contributed by atoms with E-state index in [1.807, 2.05) is 25.1 Å². The zero-order valence-electron chi connectivity index (χ0n) is 23.3. The van der Waals surface area contributed by atoms with Gasteiger partial charge < -0.3 is 15.0 Å². The van der Waals surface area contributed by atoms with Gasteiger partial charge >= 0.3 is 0 Å². The number of amides is 2. The van der Waals surface area contributed by atoms with Gasteiger partial charge in [0.2, 0.25) is 21.8 Å². The van der Waals surface area contributed by atoms with Crippen molar-refractivity contribution in [3.8, 4) is 11.5 Å². The van der Waals surface area contributed by atoms with E-state index in [1.54, 1.807) is 61.5 Å². The predicted molar refractivity (Wildman–Crippen MR) is 164 cm³/mol. The molecule has 0 fully saturated rings. The number of nitrogens with zero attached hydrogens (tertiary/aromatic N) is 2. The van der Waals surface area contributed by atoms with E-state index in [4.69, 9.17) is 27.9 Å². The Morgan fingerprint density at radius 2 is 1.59 bits per heavy atom. The van der Waals surface area contributed by atoms with Crippen LogP contribution in [-0.2, 0) is 26.2 Å². The molecule has 0 unspecified atom stereocenters. The van der Waals surface area contributed by atoms with E-state index in [0.717, 1.165) is 23.4 Å². The fourth-order valence-electron chi connectivity index (χ4n) is 4.18. The number of para-hydroxylation sites is 1. The third kappa shape index (κ3) is 9.38. The first-order valence-corrected chi connectivity index (χ1v) is 16.0. The first-order valence-electron chi connectivity index (χ1n) is 13.3. The summed E-state index contributed by atoms with van der Waals surface area (Å²) in [7, 11) is -3.87. The molecule has 2 amide bonds. The summed E-state index contributed by atoms with van der Waals surface area (Å²) in [6.45, 7) is 3.84. The average Bonchev–Trinajstić information content (AvgIpc) is 2.94. The van der Waals surface area contributed by atoms with Crippen molar-refractivity contribution in [2.45, 2.75) is 45.7 Å². The lowest BCUT2D eigenvalue weighted by Gasteiger charge is -2.33. The SMILES string of the molecule is CCCCNC(=O)[C@H](CC)N(Cc1ccc(Cl)c(Cl)c1)C(=O)CN(c1ccc(Oc2ccccc2)cc1)S(C)(=O)=O. The number of nitrogens with one attached hydrogen (secondary N) is 1. The number of carbonyl (C=O) groups excluding carboxylic acids is 2. The maximum absolute atomic E-state index is 13.8. The van der Waals surface area contributed by atoms with Crippen LogP contribution in [0.4, 0.5) is 5.69 Å². The number of anilines is 1. The predicted octanol–water partition coefficient (Wildman–Crippen LogP) is 6.28. The van der Waals surface area contributed by atoms with Crippen molar-refractivity contribution < 1.29 is 22.7 Å². The van der Waals surface area contributed by atoms with Crippen LogP contribution < -0.4 is 14.4 Å². The third-order valence-corrected chi connectivity index (χ3v) is 8.21. The van der Waals surface area contributed by atoms with E-state index in [1.165, 1.54) is 4.90 Å². The van der Waals surface area contributed by atoms with Crippen molar-refractivity contribution in [1.29, 1.82) is 0 Å². The molecular weight excluding hydrogens is 585 g/mol. The minimum Gasteiger partial charge on any atom is -0.457 e. The molecule has 0 saturated heterocycles. The molecule has 220 valence electrons. The van der Waals surface area contributed by atoms with Gasteiger partial charge in [0.05, 0.1) is 22.0 Å². The lowest BCUT2D eigenvalue weighted by molar-refractivity contribution is -0.140. The standard InChI is InChI=1S/C30H35Cl2N3O5S/c1-4-6-18-33-30(37)28(5-2)34(20-22-12-17-26(31)27(32)19-22)29(36)21-35(41(3,38)39)23-13-15-25(16-14-23)40-24-10-8-7-9-11-24/h7-17,19,28H,4-6,18,20-21H2,1-3H3,(H,33,37)/t28-/m0/s1. The van der Waals surface area contributed by atoms with Gasteiger partial charge in [0.1, 0.15) is 24.1 Å². The number of halogens is 2. The molecule has 0 aliphatic carbocycles. The molecule has 0 aliphatic heterocycles. The van der Waals surface area contributed by atoms with Crippen LogP contribution in [0, 0.1) is 0 Å². The molecule has 3 aromatic rings. The molecule has 0 radical (unpaired) electrons. The zero-order chi connectivity index (χ0) is 30.0. The average molecular weight is 621 g/mol. The van der Waals surface area contributed by atoms with E-state index < -0.39 is 28.5 Å². The summed E-state index contributed by atoms with van der Waals surface area (Å²) in [4.78, 5) is 28.4. The molecule has 1 N–H and O–H groups in total. The molecule has 0 saturated carbocycles. The molecular formula is C30H35Cl2N3O5S. The summed E-state index contributed by atoms with van der Waals surface area (Å²) < 4.78 is 32.6. The van der Waals surface area contributed by atoms with Gasteiger partial charge in [-0.1, -0.05) is 67.7 Å². The molecule has 41 heavy (non-hydrogen) atoms. The fraction of sp³-hybridized carbons (Fsp3) is 0.333. The highest BCUT2D eigenvalue weighted by Gasteiger charge is 2.31. The number of ether oxygens (including phenoxy) is 1. The highest BCUT2D eigenvalue weighted by molar-refractivity contribution is 7.92. The Morgan fingerprint density at radius 3 is 2.17 bits per heavy atom. The summed E-state index contributed by atoms with van der Waals surface area (Å²) in [5.41, 5.74) is 0.942. The Bertz CT molecular complexity index is 1420. The molecule has 0 aromatic heterocycles. The van der Waals surface area contributed by atoms with Crippen LogP contribution in [0.5, 0.6) is 11.5 Å². The molecule has 0 bridgehead atoms. The molecule has 1 atom stereocenters. The molecule has 3 aromatic carbocycles. The monoisotopic (exact) mass is 619 g/mol. The van der Waals surface area contributed by atoms with Gasteiger partial charge in [0.25, 0.3) is 0 Å². The molecule has 0 spiro atoms. The third-order valence-electron chi connectivity index (χ3n) is 6.34. The first kappa shape index (κ1) is 32.2. The lowest BCUT2D eigenvalue weighted by Crippen LogP contribution is -2.52. The van der Waals surface area contributed by atoms with Crippen LogP contribution >= 0.6 is 23.2 Å². The van der Waals surface area contributed by atoms with Crippen molar-refractivity contribution in [2.24, 2.45) is 0 Å². The smallest absolute Gasteiger partial charge is 0.244 e. The molecule has 8 nitrogen and oxygen atoms in total. The normalized spacial score (nSPS) is 11.9. The van der Waals surface area contributed by atoms with E-state index >= 15 is 0 Å². The molecule has 0 aliphatic rings. The van der Waals surface area contributed by atoms with E-state index in [-0.39, 0.29) is 18.1 Å². The van der Waals surface area contributed by atoms with Crippen molar-refractivity contribution in [1.82, 2.24) is 10.2 Å². The zero-order valence-corrected chi connectivity index (χ0v) is 25.7. The number of benzene rings is 3. The highest BCUT2D eigenvalue weighted by Crippen LogP contribution is 2.27. The molecule has 0 heterocycles. The van der Waals surface area contributed by atoms with Crippen LogP contribution in [0.3, 0.4) is 0 Å². The van der Waals surface area contributed by atoms with Gasteiger partial charge in [-0.15, -0.1) is 0 Å². The van der Waals surface area contributed by atoms with Gasteiger partial charge in [0, 0.05) is 13.1 Å². The Kier molecular flexibility index (Phi) is 11.9. The quantitative estimate of drug-likeness (QED) is 0.214. The van der Waals surface area contributed by atoms with Gasteiger partial charge in [-0.3, -0.25) is 13.9 Å². The van der Waals surface area contributed by atoms with Gasteiger partial charge in [-0.2, -0.15) is 0 Å². The lowest BCUT2D eigenvalue weighted by atomic mass is 10.1. The minimum absolute atomic E-state index is 0.0386.